The van der Waals surface area contributed by atoms with Crippen LogP contribution in [0.5, 0.6) is 0 Å². The van der Waals surface area contributed by atoms with Gasteiger partial charge in [-0.15, -0.1) is 11.3 Å². The molecule has 1 aliphatic heterocycles. The molecule has 2 aromatic carbocycles. The number of hydrogen-bond donors (Lipinski definition) is 0. The smallest absolute Gasteiger partial charge is 0.135 e. The maximum atomic E-state index is 14.5. The first kappa shape index (κ1) is 15.8. The van der Waals surface area contributed by atoms with Gasteiger partial charge in [0.05, 0.1) is 15.8 Å². The fraction of sp³-hybridized carbons (Fsp3) is 0.200. The second kappa shape index (κ2) is 6.66. The van der Waals surface area contributed by atoms with E-state index in [1.54, 1.807) is 12.1 Å². The zero-order chi connectivity index (χ0) is 17.2. The number of para-hydroxylation sites is 1. The van der Waals surface area contributed by atoms with E-state index in [9.17, 15) is 9.65 Å². The third-order valence-electron chi connectivity index (χ3n) is 4.41. The number of nitrogens with zero attached hydrogens (tertiary/aromatic N) is 3. The minimum Gasteiger partial charge on any atom is -0.371 e. The zero-order valence-electron chi connectivity index (χ0n) is 13.6. The number of thiazole rings is 1. The number of nitriles is 1. The van der Waals surface area contributed by atoms with Crippen molar-refractivity contribution in [3.05, 3.63) is 58.9 Å². The molecule has 3 aromatic rings. The van der Waals surface area contributed by atoms with Crippen LogP contribution in [0.15, 0.2) is 42.5 Å². The van der Waals surface area contributed by atoms with E-state index in [0.29, 0.717) is 16.1 Å². The Balaban J connectivity index is 1.81. The zero-order valence-corrected chi connectivity index (χ0v) is 14.4. The minimum atomic E-state index is -0.307. The average Bonchev–Trinajstić information content (AvgIpc) is 3.30. The van der Waals surface area contributed by atoms with Crippen LogP contribution >= 0.6 is 11.3 Å². The molecule has 0 N–H and O–H groups in total. The number of anilines is 1. The van der Waals surface area contributed by atoms with Crippen LogP contribution in [0.25, 0.3) is 21.9 Å². The van der Waals surface area contributed by atoms with Crippen molar-refractivity contribution in [2.45, 2.75) is 12.8 Å². The van der Waals surface area contributed by atoms with E-state index >= 15 is 0 Å². The molecule has 0 atom stereocenters. The second-order valence-corrected chi connectivity index (χ2v) is 7.05. The summed E-state index contributed by atoms with van der Waals surface area (Å²) >= 11 is 1.46. The van der Waals surface area contributed by atoms with Gasteiger partial charge in [0.25, 0.3) is 0 Å². The van der Waals surface area contributed by atoms with Crippen LogP contribution in [0.4, 0.5) is 10.1 Å². The Kier molecular flexibility index (Phi) is 4.21. The molecule has 1 aliphatic rings. The highest BCUT2D eigenvalue weighted by atomic mass is 32.1. The molecule has 0 aliphatic carbocycles. The van der Waals surface area contributed by atoms with Crippen LogP contribution in [-0.4, -0.2) is 18.1 Å². The summed E-state index contributed by atoms with van der Waals surface area (Å²) in [6, 6.07) is 15.1. The Labute approximate surface area is 149 Å². The maximum absolute atomic E-state index is 14.5. The van der Waals surface area contributed by atoms with E-state index < -0.39 is 0 Å². The normalized spacial score (nSPS) is 14.9. The van der Waals surface area contributed by atoms with Crippen molar-refractivity contribution in [2.24, 2.45) is 0 Å². The summed E-state index contributed by atoms with van der Waals surface area (Å²) in [5.74, 6) is -0.307. The second-order valence-electron chi connectivity index (χ2n) is 6.02. The lowest BCUT2D eigenvalue weighted by Gasteiger charge is -2.20. The molecule has 124 valence electrons. The van der Waals surface area contributed by atoms with E-state index in [-0.39, 0.29) is 5.82 Å². The number of allylic oxidation sites excluding steroid dienone is 1. The van der Waals surface area contributed by atoms with Gasteiger partial charge in [-0.05, 0) is 43.2 Å². The summed E-state index contributed by atoms with van der Waals surface area (Å²) in [5.41, 5.74) is 2.58. The van der Waals surface area contributed by atoms with E-state index in [2.05, 4.69) is 16.0 Å². The Morgan fingerprint density at radius 2 is 1.96 bits per heavy atom. The van der Waals surface area contributed by atoms with Gasteiger partial charge in [-0.3, -0.25) is 0 Å². The minimum absolute atomic E-state index is 0.307. The highest BCUT2D eigenvalue weighted by molar-refractivity contribution is 7.19. The molecule has 2 heterocycles. The molecule has 0 spiro atoms. The Hall–Kier alpha value is -2.71. The van der Waals surface area contributed by atoms with Crippen LogP contribution in [-0.2, 0) is 0 Å². The lowest BCUT2D eigenvalue weighted by atomic mass is 10.1. The van der Waals surface area contributed by atoms with Crippen molar-refractivity contribution in [1.29, 1.82) is 5.26 Å². The van der Waals surface area contributed by atoms with Crippen molar-refractivity contribution in [1.82, 2.24) is 4.98 Å². The predicted octanol–water partition coefficient (Wildman–Crippen LogP) is 5.10. The molecule has 0 unspecified atom stereocenters. The molecule has 0 bridgehead atoms. The summed E-state index contributed by atoms with van der Waals surface area (Å²) in [4.78, 5) is 6.71. The average molecular weight is 349 g/mol. The number of rotatable bonds is 3. The molecule has 5 heteroatoms. The predicted molar refractivity (Wildman–Crippen MR) is 101 cm³/mol. The van der Waals surface area contributed by atoms with Crippen molar-refractivity contribution in [2.75, 3.05) is 18.0 Å². The van der Waals surface area contributed by atoms with Crippen LogP contribution in [0.1, 0.15) is 23.4 Å². The molecule has 0 saturated carbocycles. The summed E-state index contributed by atoms with van der Waals surface area (Å²) in [6.45, 7) is 1.85. The molecular weight excluding hydrogens is 333 g/mol. The first-order chi connectivity index (χ1) is 12.3. The van der Waals surface area contributed by atoms with Crippen molar-refractivity contribution >= 4 is 38.9 Å². The van der Waals surface area contributed by atoms with Gasteiger partial charge in [-0.25, -0.2) is 9.37 Å². The number of benzene rings is 2. The van der Waals surface area contributed by atoms with E-state index in [4.69, 9.17) is 0 Å². The molecule has 25 heavy (non-hydrogen) atoms. The first-order valence-corrected chi connectivity index (χ1v) is 9.09. The van der Waals surface area contributed by atoms with Gasteiger partial charge in [0.1, 0.15) is 16.9 Å². The van der Waals surface area contributed by atoms with Gasteiger partial charge in [-0.1, -0.05) is 18.2 Å². The van der Waals surface area contributed by atoms with Crippen LogP contribution in [0.2, 0.25) is 0 Å². The third-order valence-corrected chi connectivity index (χ3v) is 5.48. The van der Waals surface area contributed by atoms with Gasteiger partial charge in [0.15, 0.2) is 0 Å². The lowest BCUT2D eigenvalue weighted by Crippen LogP contribution is -2.19. The van der Waals surface area contributed by atoms with E-state index in [0.717, 1.165) is 41.8 Å². The van der Waals surface area contributed by atoms with E-state index in [1.165, 1.54) is 17.4 Å². The van der Waals surface area contributed by atoms with Crippen LogP contribution < -0.4 is 4.90 Å². The van der Waals surface area contributed by atoms with Gasteiger partial charge < -0.3 is 4.90 Å². The highest BCUT2D eigenvalue weighted by Crippen LogP contribution is 2.32. The number of hydrogen-bond acceptors (Lipinski definition) is 4. The van der Waals surface area contributed by atoms with E-state index in [1.807, 2.05) is 30.3 Å². The quantitative estimate of drug-likeness (QED) is 0.618. The molecule has 1 saturated heterocycles. The molecule has 1 fully saturated rings. The standard InChI is InChI=1S/C20H16FN3S/c21-16-6-5-8-18(24-10-3-4-11-24)15(16)12-14(13-22)20-23-17-7-1-2-9-19(17)25-20/h1-2,5-9,12H,3-4,10-11H2/b14-12+. The summed E-state index contributed by atoms with van der Waals surface area (Å²) < 4.78 is 15.5. The van der Waals surface area contributed by atoms with Gasteiger partial charge in [0.2, 0.25) is 0 Å². The number of aromatic nitrogens is 1. The maximum Gasteiger partial charge on any atom is 0.135 e. The lowest BCUT2D eigenvalue weighted by molar-refractivity contribution is 0.624. The highest BCUT2D eigenvalue weighted by Gasteiger charge is 2.18. The van der Waals surface area contributed by atoms with Gasteiger partial charge in [0, 0.05) is 24.3 Å². The Morgan fingerprint density at radius 3 is 2.72 bits per heavy atom. The van der Waals surface area contributed by atoms with Crippen LogP contribution in [0, 0.1) is 17.1 Å². The number of halogens is 1. The Bertz CT molecular complexity index is 961. The van der Waals surface area contributed by atoms with Crippen LogP contribution in [0.3, 0.4) is 0 Å². The largest absolute Gasteiger partial charge is 0.371 e. The molecule has 0 amide bonds. The number of fused-ring (bicyclic) bond motifs is 1. The summed E-state index contributed by atoms with van der Waals surface area (Å²) in [7, 11) is 0. The summed E-state index contributed by atoms with van der Waals surface area (Å²) in [5, 5.41) is 10.2. The molecular formula is C20H16FN3S. The molecule has 1 aromatic heterocycles. The monoisotopic (exact) mass is 349 g/mol. The molecule has 4 rings (SSSR count). The molecule has 3 nitrogen and oxygen atoms in total. The Morgan fingerprint density at radius 1 is 1.16 bits per heavy atom. The van der Waals surface area contributed by atoms with Gasteiger partial charge in [-0.2, -0.15) is 5.26 Å². The van der Waals surface area contributed by atoms with Crippen molar-refractivity contribution < 1.29 is 4.39 Å². The summed E-state index contributed by atoms with van der Waals surface area (Å²) in [6.07, 6.45) is 3.87. The first-order valence-electron chi connectivity index (χ1n) is 8.27. The van der Waals surface area contributed by atoms with Crippen molar-refractivity contribution in [3.8, 4) is 6.07 Å². The van der Waals surface area contributed by atoms with Crippen molar-refractivity contribution in [3.63, 3.8) is 0 Å². The fourth-order valence-electron chi connectivity index (χ4n) is 3.18. The SMILES string of the molecule is N#C/C(=C\c1c(F)cccc1N1CCCC1)c1nc2ccccc2s1. The molecule has 0 radical (unpaired) electrons. The van der Waals surface area contributed by atoms with Gasteiger partial charge >= 0.3 is 0 Å². The fourth-order valence-corrected chi connectivity index (χ4v) is 4.11. The topological polar surface area (TPSA) is 39.9 Å². The third kappa shape index (κ3) is 3.01.